The third-order valence-electron chi connectivity index (χ3n) is 4.94. The van der Waals surface area contributed by atoms with E-state index < -0.39 is 0 Å². The fourth-order valence-corrected chi connectivity index (χ4v) is 3.77. The van der Waals surface area contributed by atoms with Crippen LogP contribution in [0, 0.1) is 0 Å². The van der Waals surface area contributed by atoms with Crippen molar-refractivity contribution in [2.24, 2.45) is 0 Å². The van der Waals surface area contributed by atoms with Gasteiger partial charge in [0.15, 0.2) is 0 Å². The lowest BCUT2D eigenvalue weighted by Gasteiger charge is -2.11. The van der Waals surface area contributed by atoms with Gasteiger partial charge < -0.3 is 4.57 Å². The monoisotopic (exact) mass is 329 g/mol. The van der Waals surface area contributed by atoms with Gasteiger partial charge in [0.2, 0.25) is 0 Å². The van der Waals surface area contributed by atoms with E-state index in [4.69, 9.17) is 7.85 Å². The molecule has 1 aromatic heterocycles. The van der Waals surface area contributed by atoms with E-state index in [-0.39, 0.29) is 0 Å². The van der Waals surface area contributed by atoms with Gasteiger partial charge in [-0.2, -0.15) is 0 Å². The maximum Gasteiger partial charge on any atom is 0.116 e. The summed E-state index contributed by atoms with van der Waals surface area (Å²) in [5, 5.41) is 2.41. The molecule has 4 aromatic carbocycles. The molecule has 0 spiro atoms. The zero-order chi connectivity index (χ0) is 17.5. The van der Waals surface area contributed by atoms with Crippen LogP contribution < -0.4 is 5.46 Å². The van der Waals surface area contributed by atoms with Gasteiger partial charge in [0.05, 0.1) is 5.52 Å². The zero-order valence-corrected chi connectivity index (χ0v) is 14.3. The number of nitrogens with zero attached hydrogens (tertiary/aromatic N) is 1. The highest BCUT2D eigenvalue weighted by atomic mass is 15.0. The van der Waals surface area contributed by atoms with E-state index in [9.17, 15) is 0 Å². The minimum atomic E-state index is 0.795. The Morgan fingerprint density at radius 1 is 0.577 bits per heavy atom. The average molecular weight is 329 g/mol. The Balaban J connectivity index is 1.85. The summed E-state index contributed by atoms with van der Waals surface area (Å²) in [6, 6.07) is 33.7. The Labute approximate surface area is 153 Å². The van der Waals surface area contributed by atoms with E-state index in [1.54, 1.807) is 0 Å². The Hall–Kier alpha value is -3.26. The molecule has 0 atom stereocenters. The topological polar surface area (TPSA) is 4.93 Å². The maximum atomic E-state index is 6.39. The summed E-state index contributed by atoms with van der Waals surface area (Å²) in [6.45, 7) is 0. The first-order chi connectivity index (χ1) is 12.8. The van der Waals surface area contributed by atoms with Gasteiger partial charge in [0.25, 0.3) is 0 Å². The van der Waals surface area contributed by atoms with Gasteiger partial charge in [-0.15, -0.1) is 0 Å². The molecule has 2 heteroatoms. The van der Waals surface area contributed by atoms with Crippen molar-refractivity contribution >= 4 is 35.1 Å². The first-order valence-electron chi connectivity index (χ1n) is 8.76. The predicted octanol–water partition coefficient (Wildman–Crippen LogP) is 5.24. The number of fused-ring (bicyclic) bond motifs is 3. The van der Waals surface area contributed by atoms with Crippen LogP contribution >= 0.6 is 0 Å². The Kier molecular flexibility index (Phi) is 3.43. The van der Waals surface area contributed by atoms with Crippen molar-refractivity contribution in [3.63, 3.8) is 0 Å². The largest absolute Gasteiger partial charge is 0.310 e. The first kappa shape index (κ1) is 15.0. The fourth-order valence-electron chi connectivity index (χ4n) is 3.77. The lowest BCUT2D eigenvalue weighted by Crippen LogP contribution is -2.07. The van der Waals surface area contributed by atoms with Crippen LogP contribution in [-0.2, 0) is 0 Å². The lowest BCUT2D eigenvalue weighted by molar-refractivity contribution is 1.19. The summed E-state index contributed by atoms with van der Waals surface area (Å²) in [5.41, 5.74) is 6.57. The van der Waals surface area contributed by atoms with E-state index in [0.717, 1.165) is 16.7 Å². The summed E-state index contributed by atoms with van der Waals surface area (Å²) < 4.78 is 2.27. The number of para-hydroxylation sites is 2. The van der Waals surface area contributed by atoms with Gasteiger partial charge in [-0.3, -0.25) is 0 Å². The van der Waals surface area contributed by atoms with Crippen molar-refractivity contribution in [3.05, 3.63) is 97.1 Å². The van der Waals surface area contributed by atoms with E-state index >= 15 is 0 Å². The molecule has 1 nitrogen and oxygen atoms in total. The quantitative estimate of drug-likeness (QED) is 0.390. The third-order valence-corrected chi connectivity index (χ3v) is 4.94. The SMILES string of the molecule is [B]c1cccc2c3ccccc3n(-c3cccc(-c4ccccc4)c3)c12. The Morgan fingerprint density at radius 2 is 1.27 bits per heavy atom. The van der Waals surface area contributed by atoms with Crippen LogP contribution in [0.15, 0.2) is 97.1 Å². The van der Waals surface area contributed by atoms with Gasteiger partial charge in [-0.25, -0.2) is 0 Å². The van der Waals surface area contributed by atoms with Crippen LogP contribution in [0.3, 0.4) is 0 Å². The lowest BCUT2D eigenvalue weighted by atomic mass is 9.93. The second-order valence-electron chi connectivity index (χ2n) is 6.51. The predicted molar refractivity (Wildman–Crippen MR) is 112 cm³/mol. The zero-order valence-electron chi connectivity index (χ0n) is 14.3. The fraction of sp³-hybridized carbons (Fsp3) is 0. The second-order valence-corrected chi connectivity index (χ2v) is 6.51. The van der Waals surface area contributed by atoms with E-state index in [0.29, 0.717) is 0 Å². The van der Waals surface area contributed by atoms with Gasteiger partial charge in [0, 0.05) is 22.0 Å². The highest BCUT2D eigenvalue weighted by Gasteiger charge is 2.13. The number of benzene rings is 4. The molecule has 0 saturated heterocycles. The summed E-state index contributed by atoms with van der Waals surface area (Å²) in [5.74, 6) is 0. The molecular formula is C24H16BN. The molecule has 120 valence electrons. The molecule has 5 rings (SSSR count). The molecule has 0 aliphatic heterocycles. The standard InChI is InChI=1S/C24H16BN/c25-22-14-7-13-21-20-12-4-5-15-23(20)26(24(21)22)19-11-6-10-18(16-19)17-8-2-1-3-9-17/h1-16H. The molecule has 2 radical (unpaired) electrons. The molecule has 0 amide bonds. The maximum absolute atomic E-state index is 6.39. The van der Waals surface area contributed by atoms with Crippen molar-refractivity contribution < 1.29 is 0 Å². The summed E-state index contributed by atoms with van der Waals surface area (Å²) in [7, 11) is 6.39. The molecule has 5 aromatic rings. The van der Waals surface area contributed by atoms with Crippen LogP contribution in [-0.4, -0.2) is 12.4 Å². The van der Waals surface area contributed by atoms with E-state index in [1.807, 2.05) is 18.2 Å². The van der Waals surface area contributed by atoms with Crippen molar-refractivity contribution in [2.45, 2.75) is 0 Å². The van der Waals surface area contributed by atoms with E-state index in [2.05, 4.69) is 83.4 Å². The smallest absolute Gasteiger partial charge is 0.116 e. The van der Waals surface area contributed by atoms with Crippen molar-refractivity contribution in [1.29, 1.82) is 0 Å². The number of aromatic nitrogens is 1. The minimum absolute atomic E-state index is 0.795. The van der Waals surface area contributed by atoms with Crippen molar-refractivity contribution in [3.8, 4) is 16.8 Å². The molecule has 0 aliphatic rings. The molecule has 0 unspecified atom stereocenters. The highest BCUT2D eigenvalue weighted by molar-refractivity contribution is 6.39. The van der Waals surface area contributed by atoms with E-state index in [1.165, 1.54) is 27.4 Å². The summed E-state index contributed by atoms with van der Waals surface area (Å²) in [6.07, 6.45) is 0. The molecule has 0 aliphatic carbocycles. The van der Waals surface area contributed by atoms with Crippen LogP contribution in [0.25, 0.3) is 38.6 Å². The van der Waals surface area contributed by atoms with Gasteiger partial charge in [0.1, 0.15) is 7.85 Å². The average Bonchev–Trinajstić information content (AvgIpc) is 3.05. The minimum Gasteiger partial charge on any atom is -0.310 e. The second kappa shape index (κ2) is 5.92. The van der Waals surface area contributed by atoms with Gasteiger partial charge in [-0.1, -0.05) is 84.3 Å². The highest BCUT2D eigenvalue weighted by Crippen LogP contribution is 2.32. The molecule has 1 heterocycles. The van der Waals surface area contributed by atoms with Gasteiger partial charge >= 0.3 is 0 Å². The summed E-state index contributed by atoms with van der Waals surface area (Å²) >= 11 is 0. The molecule has 0 fully saturated rings. The Bertz CT molecular complexity index is 1240. The van der Waals surface area contributed by atoms with Crippen LogP contribution in [0.1, 0.15) is 0 Å². The third kappa shape index (κ3) is 2.27. The van der Waals surface area contributed by atoms with Crippen molar-refractivity contribution in [1.82, 2.24) is 4.57 Å². The van der Waals surface area contributed by atoms with Crippen LogP contribution in [0.2, 0.25) is 0 Å². The normalized spacial score (nSPS) is 11.2. The summed E-state index contributed by atoms with van der Waals surface area (Å²) in [4.78, 5) is 0. The molecule has 0 N–H and O–H groups in total. The molecule has 0 bridgehead atoms. The van der Waals surface area contributed by atoms with Crippen LogP contribution in [0.5, 0.6) is 0 Å². The number of hydrogen-bond donors (Lipinski definition) is 0. The molecular weight excluding hydrogens is 313 g/mol. The first-order valence-corrected chi connectivity index (χ1v) is 8.76. The number of rotatable bonds is 2. The van der Waals surface area contributed by atoms with Crippen LogP contribution in [0.4, 0.5) is 0 Å². The van der Waals surface area contributed by atoms with Gasteiger partial charge in [-0.05, 0) is 29.3 Å². The molecule has 26 heavy (non-hydrogen) atoms. The Morgan fingerprint density at radius 3 is 2.15 bits per heavy atom. The number of hydrogen-bond acceptors (Lipinski definition) is 0. The molecule has 0 saturated carbocycles. The van der Waals surface area contributed by atoms with Crippen molar-refractivity contribution in [2.75, 3.05) is 0 Å².